The van der Waals surface area contributed by atoms with Gasteiger partial charge in [-0.25, -0.2) is 0 Å². The molecule has 2 aliphatic rings. The van der Waals surface area contributed by atoms with Gasteiger partial charge in [0.05, 0.1) is 0 Å². The number of nitrogens with zero attached hydrogens (tertiary/aromatic N) is 1. The molecule has 2 aliphatic heterocycles. The quantitative estimate of drug-likeness (QED) is 0.904. The Balaban J connectivity index is 1.79. The largest absolute Gasteiger partial charge is 0.486 e. The number of halogens is 1. The number of ether oxygens (including phenoxy) is 2. The van der Waals surface area contributed by atoms with Crippen LogP contribution in [-0.4, -0.2) is 37.2 Å². The van der Waals surface area contributed by atoms with Gasteiger partial charge < -0.3 is 15.2 Å². The monoisotopic (exact) mass is 312 g/mol. The van der Waals surface area contributed by atoms with Crippen molar-refractivity contribution in [3.63, 3.8) is 0 Å². The molecule has 2 N–H and O–H groups in total. The van der Waals surface area contributed by atoms with Gasteiger partial charge in [0.2, 0.25) is 0 Å². The maximum absolute atomic E-state index is 5.93. The minimum Gasteiger partial charge on any atom is -0.486 e. The van der Waals surface area contributed by atoms with Crippen molar-refractivity contribution in [1.82, 2.24) is 4.90 Å². The summed E-state index contributed by atoms with van der Waals surface area (Å²) >= 11 is 3.60. The molecule has 3 rings (SSSR count). The van der Waals surface area contributed by atoms with E-state index in [9.17, 15) is 0 Å². The lowest BCUT2D eigenvalue weighted by Gasteiger charge is -2.22. The Hall–Kier alpha value is -0.780. The van der Waals surface area contributed by atoms with Gasteiger partial charge in [0.25, 0.3) is 0 Å². The second-order valence-corrected chi connectivity index (χ2v) is 5.73. The summed E-state index contributed by atoms with van der Waals surface area (Å²) in [6.45, 7) is 4.20. The Morgan fingerprint density at radius 3 is 2.67 bits per heavy atom. The molecule has 1 unspecified atom stereocenters. The second kappa shape index (κ2) is 5.07. The van der Waals surface area contributed by atoms with Gasteiger partial charge >= 0.3 is 0 Å². The second-order valence-electron chi connectivity index (χ2n) is 4.87. The molecule has 1 saturated heterocycles. The zero-order valence-electron chi connectivity index (χ0n) is 10.2. The molecule has 0 amide bonds. The van der Waals surface area contributed by atoms with Crippen LogP contribution in [0.3, 0.4) is 0 Å². The molecule has 18 heavy (non-hydrogen) atoms. The van der Waals surface area contributed by atoms with Crippen LogP contribution in [0.15, 0.2) is 16.6 Å². The average molecular weight is 313 g/mol. The summed E-state index contributed by atoms with van der Waals surface area (Å²) in [6.07, 6.45) is 1.09. The van der Waals surface area contributed by atoms with E-state index in [1.165, 1.54) is 5.56 Å². The van der Waals surface area contributed by atoms with E-state index in [-0.39, 0.29) is 0 Å². The summed E-state index contributed by atoms with van der Waals surface area (Å²) in [5.74, 6) is 1.68. The molecule has 98 valence electrons. The summed E-state index contributed by atoms with van der Waals surface area (Å²) in [4.78, 5) is 2.38. The third-order valence-corrected chi connectivity index (χ3v) is 4.15. The lowest BCUT2D eigenvalue weighted by atomic mass is 10.2. The maximum atomic E-state index is 5.93. The highest BCUT2D eigenvalue weighted by Gasteiger charge is 2.21. The fourth-order valence-corrected chi connectivity index (χ4v) is 2.92. The first kappa shape index (κ1) is 12.3. The van der Waals surface area contributed by atoms with E-state index in [1.807, 2.05) is 6.07 Å². The van der Waals surface area contributed by atoms with Crippen LogP contribution >= 0.6 is 15.9 Å². The molecule has 4 nitrogen and oxygen atoms in total. The number of rotatable bonds is 2. The number of hydrogen-bond donors (Lipinski definition) is 1. The lowest BCUT2D eigenvalue weighted by Crippen LogP contribution is -2.26. The minimum absolute atomic E-state index is 0.320. The number of benzene rings is 1. The minimum atomic E-state index is 0.320. The Kier molecular flexibility index (Phi) is 3.46. The van der Waals surface area contributed by atoms with E-state index in [2.05, 4.69) is 26.9 Å². The first-order chi connectivity index (χ1) is 8.72. The van der Waals surface area contributed by atoms with Crippen LogP contribution in [0.1, 0.15) is 12.0 Å². The van der Waals surface area contributed by atoms with E-state index < -0.39 is 0 Å². The number of nitrogens with two attached hydrogens (primary N) is 1. The fourth-order valence-electron chi connectivity index (χ4n) is 2.47. The molecule has 2 heterocycles. The van der Waals surface area contributed by atoms with E-state index in [1.54, 1.807) is 0 Å². The van der Waals surface area contributed by atoms with Gasteiger partial charge in [0.15, 0.2) is 11.5 Å². The molecule has 1 fully saturated rings. The van der Waals surface area contributed by atoms with Crippen molar-refractivity contribution in [2.24, 2.45) is 5.73 Å². The van der Waals surface area contributed by atoms with Gasteiger partial charge in [-0.3, -0.25) is 4.90 Å². The van der Waals surface area contributed by atoms with Crippen LogP contribution in [0.2, 0.25) is 0 Å². The van der Waals surface area contributed by atoms with Crippen molar-refractivity contribution in [3.05, 3.63) is 22.2 Å². The smallest absolute Gasteiger partial charge is 0.162 e. The van der Waals surface area contributed by atoms with Crippen LogP contribution < -0.4 is 15.2 Å². The van der Waals surface area contributed by atoms with Crippen molar-refractivity contribution in [2.75, 3.05) is 26.3 Å². The zero-order valence-corrected chi connectivity index (χ0v) is 11.8. The number of likely N-dealkylation sites (tertiary alicyclic amines) is 1. The predicted molar refractivity (Wildman–Crippen MR) is 73.0 cm³/mol. The van der Waals surface area contributed by atoms with Gasteiger partial charge in [-0.15, -0.1) is 0 Å². The molecule has 1 aromatic rings. The molecule has 1 atom stereocenters. The Morgan fingerprint density at radius 1 is 1.28 bits per heavy atom. The summed E-state index contributed by atoms with van der Waals surface area (Å²) in [5, 5.41) is 0. The molecule has 0 spiro atoms. The SMILES string of the molecule is NC1CCN(Cc2cc3c(cc2Br)OCCO3)C1. The third kappa shape index (κ3) is 2.48. The van der Waals surface area contributed by atoms with Crippen LogP contribution in [0.5, 0.6) is 11.5 Å². The van der Waals surface area contributed by atoms with Gasteiger partial charge in [-0.05, 0) is 24.1 Å². The molecule has 0 bridgehead atoms. The molecule has 0 radical (unpaired) electrons. The predicted octanol–water partition coefficient (Wildman–Crippen LogP) is 1.75. The van der Waals surface area contributed by atoms with E-state index in [4.69, 9.17) is 15.2 Å². The van der Waals surface area contributed by atoms with Crippen molar-refractivity contribution >= 4 is 15.9 Å². The van der Waals surface area contributed by atoms with Crippen LogP contribution in [0.25, 0.3) is 0 Å². The maximum Gasteiger partial charge on any atom is 0.162 e. The molecule has 0 aromatic heterocycles. The van der Waals surface area contributed by atoms with E-state index >= 15 is 0 Å². The highest BCUT2D eigenvalue weighted by Crippen LogP contribution is 2.36. The van der Waals surface area contributed by atoms with Gasteiger partial charge in [0.1, 0.15) is 13.2 Å². The third-order valence-electron chi connectivity index (χ3n) is 3.41. The fraction of sp³-hybridized carbons (Fsp3) is 0.538. The zero-order chi connectivity index (χ0) is 12.5. The molecule has 5 heteroatoms. The van der Waals surface area contributed by atoms with Crippen molar-refractivity contribution < 1.29 is 9.47 Å². The highest BCUT2D eigenvalue weighted by molar-refractivity contribution is 9.10. The van der Waals surface area contributed by atoms with Crippen LogP contribution in [0.4, 0.5) is 0 Å². The first-order valence-corrected chi connectivity index (χ1v) is 7.07. The van der Waals surface area contributed by atoms with Gasteiger partial charge in [-0.1, -0.05) is 15.9 Å². The topological polar surface area (TPSA) is 47.7 Å². The Bertz CT molecular complexity index is 453. The first-order valence-electron chi connectivity index (χ1n) is 6.28. The van der Waals surface area contributed by atoms with E-state index in [0.717, 1.165) is 42.0 Å². The highest BCUT2D eigenvalue weighted by atomic mass is 79.9. The average Bonchev–Trinajstić information content (AvgIpc) is 2.76. The standard InChI is InChI=1S/C13H17BrN2O2/c14-11-6-13-12(17-3-4-18-13)5-9(11)7-16-2-1-10(15)8-16/h5-6,10H,1-4,7-8,15H2. The Labute approximate surface area is 115 Å². The van der Waals surface area contributed by atoms with Gasteiger partial charge in [-0.2, -0.15) is 0 Å². The van der Waals surface area contributed by atoms with Crippen LogP contribution in [-0.2, 0) is 6.54 Å². The summed E-state index contributed by atoms with van der Waals surface area (Å²) in [6, 6.07) is 4.39. The summed E-state index contributed by atoms with van der Waals surface area (Å²) in [7, 11) is 0. The summed E-state index contributed by atoms with van der Waals surface area (Å²) < 4.78 is 12.2. The molecular weight excluding hydrogens is 296 g/mol. The Morgan fingerprint density at radius 2 is 2.00 bits per heavy atom. The molecule has 0 saturated carbocycles. The molecular formula is C13H17BrN2O2. The van der Waals surface area contributed by atoms with Crippen LogP contribution in [0, 0.1) is 0 Å². The van der Waals surface area contributed by atoms with Crippen molar-refractivity contribution in [1.29, 1.82) is 0 Å². The van der Waals surface area contributed by atoms with Crippen molar-refractivity contribution in [3.8, 4) is 11.5 Å². The lowest BCUT2D eigenvalue weighted by molar-refractivity contribution is 0.171. The molecule has 1 aromatic carbocycles. The van der Waals surface area contributed by atoms with Gasteiger partial charge in [0, 0.05) is 30.1 Å². The molecule has 0 aliphatic carbocycles. The normalized spacial score (nSPS) is 23.3. The summed E-state index contributed by atoms with van der Waals surface area (Å²) in [5.41, 5.74) is 7.16. The number of fused-ring (bicyclic) bond motifs is 1. The number of hydrogen-bond acceptors (Lipinski definition) is 4. The van der Waals surface area contributed by atoms with Crippen molar-refractivity contribution in [2.45, 2.75) is 19.0 Å². The van der Waals surface area contributed by atoms with E-state index in [0.29, 0.717) is 19.3 Å².